The minimum atomic E-state index is -0.0750. The van der Waals surface area contributed by atoms with E-state index in [9.17, 15) is 9.59 Å². The van der Waals surface area contributed by atoms with Gasteiger partial charge in [0.1, 0.15) is 0 Å². The zero-order valence-electron chi connectivity index (χ0n) is 8.83. The molecule has 84 valence electrons. The monoisotopic (exact) mass is 281 g/mol. The van der Waals surface area contributed by atoms with E-state index in [-0.39, 0.29) is 11.3 Å². The van der Waals surface area contributed by atoms with Crippen LogP contribution in [0, 0.1) is 0 Å². The van der Waals surface area contributed by atoms with Gasteiger partial charge in [0.2, 0.25) is 0 Å². The van der Waals surface area contributed by atoms with E-state index in [1.807, 2.05) is 0 Å². The van der Waals surface area contributed by atoms with E-state index in [0.717, 1.165) is 23.0 Å². The molecule has 0 bridgehead atoms. The van der Waals surface area contributed by atoms with Crippen molar-refractivity contribution in [1.82, 2.24) is 4.57 Å². The Kier molecular flexibility index (Phi) is 3.10. The van der Waals surface area contributed by atoms with E-state index < -0.39 is 0 Å². The summed E-state index contributed by atoms with van der Waals surface area (Å²) in [5.41, 5.74) is 1.47. The molecule has 0 N–H and O–H groups in total. The van der Waals surface area contributed by atoms with Gasteiger partial charge in [0.05, 0.1) is 6.54 Å². The predicted octanol–water partition coefficient (Wildman–Crippen LogP) is 2.28. The Morgan fingerprint density at radius 1 is 1.38 bits per heavy atom. The number of allylic oxidation sites excluding steroid dienone is 1. The van der Waals surface area contributed by atoms with Crippen molar-refractivity contribution < 1.29 is 4.79 Å². The van der Waals surface area contributed by atoms with Crippen molar-refractivity contribution in [2.75, 3.05) is 0 Å². The Bertz CT molecular complexity index is 516. The number of rotatable bonds is 2. The maximum Gasteiger partial charge on any atom is 0.251 e. The number of hydrogen-bond donors (Lipinski definition) is 0. The van der Waals surface area contributed by atoms with E-state index in [0.29, 0.717) is 18.5 Å². The molecule has 16 heavy (non-hydrogen) atoms. The van der Waals surface area contributed by atoms with Gasteiger partial charge in [0.25, 0.3) is 5.56 Å². The second kappa shape index (κ2) is 4.37. The van der Waals surface area contributed by atoms with Crippen LogP contribution >= 0.6 is 15.9 Å². The molecule has 1 aromatic rings. The topological polar surface area (TPSA) is 39.1 Å². The number of halogens is 1. The average molecular weight is 282 g/mol. The zero-order valence-corrected chi connectivity index (χ0v) is 10.4. The van der Waals surface area contributed by atoms with Crippen molar-refractivity contribution in [2.24, 2.45) is 0 Å². The molecular formula is C12H12BrNO2. The summed E-state index contributed by atoms with van der Waals surface area (Å²) in [6.07, 6.45) is 2.20. The highest BCUT2D eigenvalue weighted by Crippen LogP contribution is 2.20. The molecule has 1 heterocycles. The molecular weight excluding hydrogens is 270 g/mol. The second-order valence-corrected chi connectivity index (χ2v) is 5.03. The number of carbonyl (C=O) groups excluding carboxylic acids is 1. The molecule has 0 radical (unpaired) electrons. The van der Waals surface area contributed by atoms with E-state index in [2.05, 4.69) is 22.5 Å². The number of aromatic nitrogens is 1. The van der Waals surface area contributed by atoms with Crippen LogP contribution in [0.5, 0.6) is 0 Å². The maximum atomic E-state index is 11.7. The Hall–Kier alpha value is -1.16. The fraction of sp³-hybridized carbons (Fsp3) is 0.333. The van der Waals surface area contributed by atoms with Crippen LogP contribution in [0.15, 0.2) is 28.0 Å². The number of hydrogen-bond acceptors (Lipinski definition) is 2. The van der Waals surface area contributed by atoms with Gasteiger partial charge in [-0.05, 0) is 18.9 Å². The number of carbonyl (C=O) groups is 1. The van der Waals surface area contributed by atoms with Gasteiger partial charge in [-0.3, -0.25) is 9.59 Å². The van der Waals surface area contributed by atoms with E-state index in [1.165, 1.54) is 6.07 Å². The van der Waals surface area contributed by atoms with Crippen molar-refractivity contribution >= 4 is 21.7 Å². The molecule has 0 amide bonds. The lowest BCUT2D eigenvalue weighted by atomic mass is 9.94. The van der Waals surface area contributed by atoms with E-state index >= 15 is 0 Å². The van der Waals surface area contributed by atoms with Gasteiger partial charge in [-0.1, -0.05) is 22.5 Å². The molecule has 0 atom stereocenters. The third-order valence-electron chi connectivity index (χ3n) is 2.74. The second-order valence-electron chi connectivity index (χ2n) is 3.91. The molecule has 0 unspecified atom stereocenters. The highest BCUT2D eigenvalue weighted by atomic mass is 79.9. The maximum absolute atomic E-state index is 11.7. The van der Waals surface area contributed by atoms with Crippen LogP contribution in [0.25, 0.3) is 0 Å². The van der Waals surface area contributed by atoms with Crippen molar-refractivity contribution in [3.63, 3.8) is 0 Å². The van der Waals surface area contributed by atoms with Gasteiger partial charge in [0.15, 0.2) is 5.78 Å². The SMILES string of the molecule is C=C(Br)Cn1c2c(ccc1=O)C(=O)CCC2. The molecule has 0 aromatic carbocycles. The van der Waals surface area contributed by atoms with Crippen molar-refractivity contribution in [1.29, 1.82) is 0 Å². The third-order valence-corrected chi connectivity index (χ3v) is 2.99. The fourth-order valence-corrected chi connectivity index (χ4v) is 2.29. The molecule has 1 aliphatic carbocycles. The van der Waals surface area contributed by atoms with Crippen LogP contribution in [0.2, 0.25) is 0 Å². The first kappa shape index (κ1) is 11.3. The number of fused-ring (bicyclic) bond motifs is 1. The largest absolute Gasteiger partial charge is 0.307 e. The van der Waals surface area contributed by atoms with Crippen LogP contribution in [0.4, 0.5) is 0 Å². The van der Waals surface area contributed by atoms with Crippen molar-refractivity contribution in [3.05, 3.63) is 44.8 Å². The van der Waals surface area contributed by atoms with Gasteiger partial charge >= 0.3 is 0 Å². The Morgan fingerprint density at radius 2 is 2.12 bits per heavy atom. The van der Waals surface area contributed by atoms with Crippen LogP contribution in [-0.4, -0.2) is 10.4 Å². The zero-order chi connectivity index (χ0) is 11.7. The molecule has 0 fully saturated rings. The van der Waals surface area contributed by atoms with Gasteiger partial charge < -0.3 is 4.57 Å². The van der Waals surface area contributed by atoms with Crippen molar-refractivity contribution in [2.45, 2.75) is 25.8 Å². The van der Waals surface area contributed by atoms with Crippen molar-refractivity contribution in [3.8, 4) is 0 Å². The quantitative estimate of drug-likeness (QED) is 0.834. The molecule has 0 aliphatic heterocycles. The van der Waals surface area contributed by atoms with Crippen LogP contribution < -0.4 is 5.56 Å². The molecule has 0 saturated heterocycles. The van der Waals surface area contributed by atoms with Crippen LogP contribution in [-0.2, 0) is 13.0 Å². The third kappa shape index (κ3) is 2.02. The first-order valence-electron chi connectivity index (χ1n) is 5.19. The normalized spacial score (nSPS) is 14.7. The molecule has 3 nitrogen and oxygen atoms in total. The Balaban J connectivity index is 2.58. The summed E-state index contributed by atoms with van der Waals surface area (Å²) in [6, 6.07) is 3.10. The summed E-state index contributed by atoms with van der Waals surface area (Å²) < 4.78 is 2.37. The molecule has 2 rings (SSSR count). The smallest absolute Gasteiger partial charge is 0.251 e. The average Bonchev–Trinajstić information content (AvgIpc) is 2.22. The number of pyridine rings is 1. The summed E-state index contributed by atoms with van der Waals surface area (Å²) in [4.78, 5) is 23.4. The molecule has 4 heteroatoms. The first-order chi connectivity index (χ1) is 7.59. The summed E-state index contributed by atoms with van der Waals surface area (Å²) in [5, 5.41) is 0. The lowest BCUT2D eigenvalue weighted by Gasteiger charge is -2.19. The Labute approximate surface area is 102 Å². The number of nitrogens with zero attached hydrogens (tertiary/aromatic N) is 1. The van der Waals surface area contributed by atoms with E-state index in [1.54, 1.807) is 10.6 Å². The number of Topliss-reactive ketones (excluding diaryl/α,β-unsaturated/α-hetero) is 1. The van der Waals surface area contributed by atoms with E-state index in [4.69, 9.17) is 0 Å². The highest BCUT2D eigenvalue weighted by Gasteiger charge is 2.20. The summed E-state index contributed by atoms with van der Waals surface area (Å²) in [7, 11) is 0. The fourth-order valence-electron chi connectivity index (χ4n) is 2.04. The molecule has 0 saturated carbocycles. The minimum Gasteiger partial charge on any atom is -0.307 e. The standard InChI is InChI=1S/C12H12BrNO2/c1-8(13)7-14-10-3-2-4-11(15)9(10)5-6-12(14)16/h5-6H,1-4,7H2. The van der Waals surface area contributed by atoms with Gasteiger partial charge in [-0.2, -0.15) is 0 Å². The Morgan fingerprint density at radius 3 is 2.81 bits per heavy atom. The molecule has 1 aliphatic rings. The molecule has 0 spiro atoms. The number of ketones is 1. The lowest BCUT2D eigenvalue weighted by Crippen LogP contribution is -2.27. The molecule has 1 aromatic heterocycles. The minimum absolute atomic E-state index is 0.0750. The first-order valence-corrected chi connectivity index (χ1v) is 5.98. The summed E-state index contributed by atoms with van der Waals surface area (Å²) in [6.45, 7) is 4.16. The van der Waals surface area contributed by atoms with Crippen LogP contribution in [0.1, 0.15) is 28.9 Å². The van der Waals surface area contributed by atoms with Crippen LogP contribution in [0.3, 0.4) is 0 Å². The highest BCUT2D eigenvalue weighted by molar-refractivity contribution is 9.11. The lowest BCUT2D eigenvalue weighted by molar-refractivity contribution is 0.0970. The van der Waals surface area contributed by atoms with Gasteiger partial charge in [-0.25, -0.2) is 0 Å². The summed E-state index contributed by atoms with van der Waals surface area (Å²) >= 11 is 3.25. The predicted molar refractivity (Wildman–Crippen MR) is 66.0 cm³/mol. The summed E-state index contributed by atoms with van der Waals surface area (Å²) in [5.74, 6) is 0.134. The van der Waals surface area contributed by atoms with Gasteiger partial charge in [-0.15, -0.1) is 0 Å². The van der Waals surface area contributed by atoms with Gasteiger partial charge in [0, 0.05) is 28.2 Å².